The van der Waals surface area contributed by atoms with Gasteiger partial charge in [-0.15, -0.1) is 0 Å². The van der Waals surface area contributed by atoms with Gasteiger partial charge in [-0.25, -0.2) is 0 Å². The van der Waals surface area contributed by atoms with E-state index in [0.717, 1.165) is 12.1 Å². The zero-order valence-electron chi connectivity index (χ0n) is 15.8. The summed E-state index contributed by atoms with van der Waals surface area (Å²) < 4.78 is 0. The van der Waals surface area contributed by atoms with Crippen LogP contribution in [-0.4, -0.2) is 11.5 Å². The number of nitrogens with zero attached hydrogens (tertiary/aromatic N) is 2. The van der Waals surface area contributed by atoms with Gasteiger partial charge >= 0.3 is 0 Å². The summed E-state index contributed by atoms with van der Waals surface area (Å²) in [7, 11) is 0. The normalized spacial score (nSPS) is 15.6. The van der Waals surface area contributed by atoms with Crippen molar-refractivity contribution in [1.82, 2.24) is 4.98 Å². The van der Waals surface area contributed by atoms with Crippen molar-refractivity contribution in [2.45, 2.75) is 11.8 Å². The van der Waals surface area contributed by atoms with Gasteiger partial charge in [0.25, 0.3) is 0 Å². The van der Waals surface area contributed by atoms with Crippen LogP contribution in [-0.2, 0) is 0 Å². The van der Waals surface area contributed by atoms with Gasteiger partial charge < -0.3 is 4.90 Å². The minimum atomic E-state index is 0.974. The van der Waals surface area contributed by atoms with Crippen LogP contribution in [0, 0.1) is 0 Å². The summed E-state index contributed by atoms with van der Waals surface area (Å²) in [6.45, 7) is 3.16. The molecule has 4 rings (SSSR count). The summed E-state index contributed by atoms with van der Waals surface area (Å²) in [6, 6.07) is 18.8. The molecule has 0 spiro atoms. The molecule has 0 saturated heterocycles. The first kappa shape index (κ1) is 18.3. The first-order valence-corrected chi connectivity index (χ1v) is 10.3. The molecule has 1 aromatic heterocycles. The molecule has 0 N–H and O–H groups in total. The maximum atomic E-state index is 4.40. The van der Waals surface area contributed by atoms with Crippen LogP contribution in [0.1, 0.15) is 12.5 Å². The summed E-state index contributed by atoms with van der Waals surface area (Å²) in [5.41, 5.74) is 3.51. The lowest BCUT2D eigenvalue weighted by molar-refractivity contribution is 1.00. The Morgan fingerprint density at radius 2 is 1.68 bits per heavy atom. The van der Waals surface area contributed by atoms with Crippen LogP contribution in [0.3, 0.4) is 0 Å². The van der Waals surface area contributed by atoms with Crippen LogP contribution < -0.4 is 4.90 Å². The van der Waals surface area contributed by atoms with Crippen molar-refractivity contribution in [3.05, 3.63) is 108 Å². The Hall–Kier alpha value is -3.04. The maximum Gasteiger partial charge on any atom is 0.0801 e. The standard InChI is InChI=1S/C25H22N2S/c1-2-27-23-15-10-11-16-24(23)28-25(27)17-7-5-3-4-6-12-20-18-19-26-22-14-9-8-13-21(20)22/h3-19H,2H2,1H3. The highest BCUT2D eigenvalue weighted by molar-refractivity contribution is 8.03. The molecule has 2 nitrogen and oxygen atoms in total. The van der Waals surface area contributed by atoms with Gasteiger partial charge in [0.05, 0.1) is 16.2 Å². The molecule has 0 atom stereocenters. The van der Waals surface area contributed by atoms with Gasteiger partial charge in [0.15, 0.2) is 0 Å². The third-order valence-electron chi connectivity index (χ3n) is 4.59. The number of aromatic nitrogens is 1. The van der Waals surface area contributed by atoms with Crippen LogP contribution >= 0.6 is 11.8 Å². The van der Waals surface area contributed by atoms with E-state index >= 15 is 0 Å². The average molecular weight is 383 g/mol. The minimum absolute atomic E-state index is 0.974. The number of rotatable bonds is 5. The first-order valence-electron chi connectivity index (χ1n) is 9.46. The topological polar surface area (TPSA) is 16.1 Å². The third-order valence-corrected chi connectivity index (χ3v) is 5.73. The number of fused-ring (bicyclic) bond motifs is 2. The van der Waals surface area contributed by atoms with Crippen LogP contribution in [0.25, 0.3) is 17.0 Å². The Morgan fingerprint density at radius 3 is 2.61 bits per heavy atom. The van der Waals surface area contributed by atoms with Gasteiger partial charge in [0.1, 0.15) is 0 Å². The van der Waals surface area contributed by atoms with Gasteiger partial charge in [-0.1, -0.05) is 78.5 Å². The van der Waals surface area contributed by atoms with E-state index in [1.165, 1.54) is 26.6 Å². The first-order chi connectivity index (χ1) is 13.9. The van der Waals surface area contributed by atoms with Gasteiger partial charge in [0, 0.05) is 23.0 Å². The molecule has 28 heavy (non-hydrogen) atoms. The van der Waals surface area contributed by atoms with E-state index in [-0.39, 0.29) is 0 Å². The fourth-order valence-electron chi connectivity index (χ4n) is 3.26. The highest BCUT2D eigenvalue weighted by atomic mass is 32.2. The maximum absolute atomic E-state index is 4.40. The summed E-state index contributed by atoms with van der Waals surface area (Å²) in [6.07, 6.45) is 16.5. The number of allylic oxidation sites excluding steroid dienone is 6. The predicted molar refractivity (Wildman–Crippen MR) is 122 cm³/mol. The fourth-order valence-corrected chi connectivity index (χ4v) is 4.39. The molecule has 1 aliphatic rings. The zero-order valence-corrected chi connectivity index (χ0v) is 16.6. The second-order valence-corrected chi connectivity index (χ2v) is 7.43. The van der Waals surface area contributed by atoms with E-state index in [1.807, 2.05) is 42.2 Å². The molecule has 3 aromatic rings. The molecule has 0 radical (unpaired) electrons. The molecule has 2 heterocycles. The molecule has 0 fully saturated rings. The van der Waals surface area contributed by atoms with Crippen molar-refractivity contribution in [1.29, 1.82) is 0 Å². The molecule has 138 valence electrons. The number of hydrogen-bond acceptors (Lipinski definition) is 3. The summed E-state index contributed by atoms with van der Waals surface area (Å²) >= 11 is 1.83. The Labute approximate surface area is 170 Å². The molecule has 1 aliphatic heterocycles. The summed E-state index contributed by atoms with van der Waals surface area (Å²) in [5.74, 6) is 0. The Bertz CT molecular complexity index is 1090. The highest BCUT2D eigenvalue weighted by Crippen LogP contribution is 2.45. The lowest BCUT2D eigenvalue weighted by Crippen LogP contribution is -2.16. The predicted octanol–water partition coefficient (Wildman–Crippen LogP) is 6.83. The van der Waals surface area contributed by atoms with Crippen LogP contribution in [0.5, 0.6) is 0 Å². The van der Waals surface area contributed by atoms with Crippen molar-refractivity contribution in [3.63, 3.8) is 0 Å². The third kappa shape index (κ3) is 3.95. The van der Waals surface area contributed by atoms with Crippen LogP contribution in [0.2, 0.25) is 0 Å². The number of para-hydroxylation sites is 2. The number of thioether (sulfide) groups is 1. The number of pyridine rings is 1. The van der Waals surface area contributed by atoms with E-state index in [2.05, 4.69) is 89.7 Å². The van der Waals surface area contributed by atoms with Gasteiger partial charge in [-0.3, -0.25) is 4.98 Å². The quantitative estimate of drug-likeness (QED) is 0.450. The zero-order chi connectivity index (χ0) is 19.2. The second kappa shape index (κ2) is 8.77. The molecule has 0 saturated carbocycles. The van der Waals surface area contributed by atoms with Crippen LogP contribution in [0.4, 0.5) is 5.69 Å². The van der Waals surface area contributed by atoms with E-state index in [9.17, 15) is 0 Å². The van der Waals surface area contributed by atoms with Crippen LogP contribution in [0.15, 0.2) is 107 Å². The summed E-state index contributed by atoms with van der Waals surface area (Å²) in [5, 5.41) is 2.44. The van der Waals surface area contributed by atoms with Gasteiger partial charge in [-0.2, -0.15) is 0 Å². The average Bonchev–Trinajstić information content (AvgIpc) is 3.10. The molecular weight excluding hydrogens is 360 g/mol. The van der Waals surface area contributed by atoms with Crippen molar-refractivity contribution in [3.8, 4) is 0 Å². The Balaban J connectivity index is 1.41. The van der Waals surface area contributed by atoms with E-state index in [4.69, 9.17) is 0 Å². The molecule has 0 amide bonds. The molecule has 3 heteroatoms. The molecule has 0 unspecified atom stereocenters. The van der Waals surface area contributed by atoms with Gasteiger partial charge in [0.2, 0.25) is 0 Å². The monoisotopic (exact) mass is 382 g/mol. The number of hydrogen-bond donors (Lipinski definition) is 0. The summed E-state index contributed by atoms with van der Waals surface area (Å²) in [4.78, 5) is 8.08. The van der Waals surface area contributed by atoms with E-state index in [1.54, 1.807) is 0 Å². The smallest absolute Gasteiger partial charge is 0.0801 e. The van der Waals surface area contributed by atoms with Crippen molar-refractivity contribution >= 4 is 34.4 Å². The molecule has 0 aliphatic carbocycles. The Kier molecular flexibility index (Phi) is 5.74. The SMILES string of the molecule is CCN1C(=CC=CC=CC=Cc2ccnc3ccccc23)Sc2ccccc21. The van der Waals surface area contributed by atoms with Crippen molar-refractivity contribution < 1.29 is 0 Å². The van der Waals surface area contributed by atoms with E-state index in [0.29, 0.717) is 0 Å². The lowest BCUT2D eigenvalue weighted by Gasteiger charge is -2.17. The largest absolute Gasteiger partial charge is 0.335 e. The van der Waals surface area contributed by atoms with Crippen molar-refractivity contribution in [2.24, 2.45) is 0 Å². The lowest BCUT2D eigenvalue weighted by atomic mass is 10.1. The minimum Gasteiger partial charge on any atom is -0.335 e. The molecular formula is C25H22N2S. The number of anilines is 1. The second-order valence-electron chi connectivity index (χ2n) is 6.37. The van der Waals surface area contributed by atoms with E-state index < -0.39 is 0 Å². The molecule has 2 aromatic carbocycles. The number of benzene rings is 2. The molecule has 0 bridgehead atoms. The Morgan fingerprint density at radius 1 is 0.893 bits per heavy atom. The highest BCUT2D eigenvalue weighted by Gasteiger charge is 2.22. The van der Waals surface area contributed by atoms with Gasteiger partial charge in [-0.05, 0) is 42.8 Å². The fraction of sp³-hybridized carbons (Fsp3) is 0.0800. The van der Waals surface area contributed by atoms with Crippen molar-refractivity contribution in [2.75, 3.05) is 11.4 Å².